The zero-order valence-corrected chi connectivity index (χ0v) is 16.9. The first-order chi connectivity index (χ1) is 10.0. The molecule has 2 aromatic carbocycles. The van der Waals surface area contributed by atoms with E-state index in [4.69, 9.17) is 5.73 Å². The lowest BCUT2D eigenvalue weighted by Gasteiger charge is -2.19. The van der Waals surface area contributed by atoms with E-state index in [0.717, 1.165) is 20.3 Å². The van der Waals surface area contributed by atoms with Gasteiger partial charge in [-0.05, 0) is 58.6 Å². The highest BCUT2D eigenvalue weighted by Crippen LogP contribution is 2.29. The largest absolute Gasteiger partial charge is 0.369 e. The summed E-state index contributed by atoms with van der Waals surface area (Å²) in [6.07, 6.45) is 2.05. The highest BCUT2D eigenvalue weighted by Gasteiger charge is 2.07. The Bertz CT molecular complexity index is 680. The zero-order chi connectivity index (χ0) is 15.4. The third kappa shape index (κ3) is 4.91. The topological polar surface area (TPSA) is 41.6 Å². The van der Waals surface area contributed by atoms with Crippen molar-refractivity contribution in [3.63, 3.8) is 0 Å². The summed E-state index contributed by atoms with van der Waals surface area (Å²) in [5.74, 6) is 0.437. The smallest absolute Gasteiger partial charge is 0.200 e. The molecule has 0 amide bonds. The van der Waals surface area contributed by atoms with Gasteiger partial charge >= 0.3 is 0 Å². The van der Waals surface area contributed by atoms with Crippen molar-refractivity contribution in [1.82, 2.24) is 0 Å². The van der Waals surface area contributed by atoms with Crippen molar-refractivity contribution in [2.45, 2.75) is 4.90 Å². The van der Waals surface area contributed by atoms with Crippen molar-refractivity contribution in [2.24, 2.45) is 10.7 Å². The Balaban J connectivity index is 0.00000242. The van der Waals surface area contributed by atoms with E-state index >= 15 is 0 Å². The summed E-state index contributed by atoms with van der Waals surface area (Å²) in [7, 11) is 1.91. The first-order valence-electron chi connectivity index (χ1n) is 6.18. The second-order valence-corrected chi connectivity index (χ2v) is 6.98. The van der Waals surface area contributed by atoms with Crippen LogP contribution in [0.5, 0.6) is 0 Å². The quantitative estimate of drug-likeness (QED) is 0.373. The molecule has 22 heavy (non-hydrogen) atoms. The van der Waals surface area contributed by atoms with Gasteiger partial charge in [-0.15, -0.1) is 24.2 Å². The highest BCUT2D eigenvalue weighted by atomic mass is 79.9. The van der Waals surface area contributed by atoms with Gasteiger partial charge in [0.2, 0.25) is 5.96 Å². The van der Waals surface area contributed by atoms with Gasteiger partial charge in [0, 0.05) is 26.6 Å². The van der Waals surface area contributed by atoms with Gasteiger partial charge in [-0.3, -0.25) is 0 Å². The Morgan fingerprint density at radius 1 is 1.18 bits per heavy atom. The summed E-state index contributed by atoms with van der Waals surface area (Å²) in [4.78, 5) is 7.55. The fourth-order valence-electron chi connectivity index (χ4n) is 1.72. The predicted octanol–water partition coefficient (Wildman–Crippen LogP) is 5.44. The first kappa shape index (κ1) is 19.4. The zero-order valence-electron chi connectivity index (χ0n) is 12.1. The average molecular weight is 466 g/mol. The summed E-state index contributed by atoms with van der Waals surface area (Å²) in [6, 6.07) is 14.0. The van der Waals surface area contributed by atoms with E-state index in [1.165, 1.54) is 4.90 Å². The van der Waals surface area contributed by atoms with Crippen LogP contribution >= 0.6 is 56.0 Å². The Hall–Kier alpha value is -0.690. The number of aliphatic imine (C=N–C) groups is 1. The van der Waals surface area contributed by atoms with Crippen molar-refractivity contribution in [3.8, 4) is 0 Å². The number of rotatable bonds is 3. The lowest BCUT2D eigenvalue weighted by molar-refractivity contribution is 1.20. The minimum Gasteiger partial charge on any atom is -0.369 e. The molecule has 2 N–H and O–H groups in total. The fourth-order valence-corrected chi connectivity index (χ4v) is 2.86. The molecule has 0 aliphatic rings. The molecule has 7 heteroatoms. The Morgan fingerprint density at radius 3 is 2.59 bits per heavy atom. The molecule has 0 bridgehead atoms. The molecule has 0 unspecified atom stereocenters. The van der Waals surface area contributed by atoms with Crippen molar-refractivity contribution in [3.05, 3.63) is 51.4 Å². The molecule has 118 valence electrons. The number of nitrogens with zero attached hydrogens (tertiary/aromatic N) is 2. The van der Waals surface area contributed by atoms with Crippen LogP contribution in [0.2, 0.25) is 0 Å². The predicted molar refractivity (Wildman–Crippen MR) is 107 cm³/mol. The summed E-state index contributed by atoms with van der Waals surface area (Å²) in [5.41, 5.74) is 7.92. The van der Waals surface area contributed by atoms with Crippen LogP contribution in [0.3, 0.4) is 0 Å². The van der Waals surface area contributed by atoms with E-state index in [-0.39, 0.29) is 12.4 Å². The molecule has 0 aromatic heterocycles. The molecule has 2 aromatic rings. The Morgan fingerprint density at radius 2 is 1.91 bits per heavy atom. The van der Waals surface area contributed by atoms with E-state index in [1.54, 1.807) is 11.8 Å². The van der Waals surface area contributed by atoms with Crippen molar-refractivity contribution in [1.29, 1.82) is 0 Å². The molecule has 0 atom stereocenters. The number of anilines is 1. The van der Waals surface area contributed by atoms with E-state index in [9.17, 15) is 0 Å². The van der Waals surface area contributed by atoms with Gasteiger partial charge in [-0.1, -0.05) is 22.0 Å². The molecule has 0 heterocycles. The van der Waals surface area contributed by atoms with Crippen LogP contribution in [0.25, 0.3) is 0 Å². The lowest BCUT2D eigenvalue weighted by atomic mass is 10.3. The Labute approximate surface area is 158 Å². The van der Waals surface area contributed by atoms with Crippen LogP contribution in [0.1, 0.15) is 0 Å². The van der Waals surface area contributed by atoms with E-state index in [1.807, 2.05) is 42.3 Å². The number of thioether (sulfide) groups is 1. The van der Waals surface area contributed by atoms with Gasteiger partial charge < -0.3 is 10.6 Å². The molecule has 0 fully saturated rings. The lowest BCUT2D eigenvalue weighted by Crippen LogP contribution is -2.33. The van der Waals surface area contributed by atoms with Gasteiger partial charge in [-0.25, -0.2) is 4.99 Å². The molecule has 0 saturated heterocycles. The van der Waals surface area contributed by atoms with Crippen LogP contribution in [-0.2, 0) is 0 Å². The van der Waals surface area contributed by atoms with Crippen LogP contribution in [0, 0.1) is 0 Å². The van der Waals surface area contributed by atoms with Crippen molar-refractivity contribution >= 4 is 73.4 Å². The van der Waals surface area contributed by atoms with Gasteiger partial charge in [-0.2, -0.15) is 0 Å². The molecule has 3 nitrogen and oxygen atoms in total. The molecule has 2 rings (SSSR count). The SMILES string of the molecule is CSc1cccc(N(C)C(N)=Nc2cc(Br)ccc2Br)c1.Cl. The van der Waals surface area contributed by atoms with Gasteiger partial charge in [0.05, 0.1) is 5.69 Å². The monoisotopic (exact) mass is 463 g/mol. The normalized spacial score (nSPS) is 11.0. The van der Waals surface area contributed by atoms with E-state index < -0.39 is 0 Å². The summed E-state index contributed by atoms with van der Waals surface area (Å²) in [5, 5.41) is 0. The Kier molecular flexibility index (Phi) is 7.76. The summed E-state index contributed by atoms with van der Waals surface area (Å²) < 4.78 is 1.86. The molecular weight excluding hydrogens is 450 g/mol. The molecule has 0 aliphatic carbocycles. The average Bonchev–Trinajstić information content (AvgIpc) is 2.50. The van der Waals surface area contributed by atoms with Crippen LogP contribution in [0.4, 0.5) is 11.4 Å². The second kappa shape index (κ2) is 8.82. The molecule has 0 spiro atoms. The number of halogens is 3. The molecule has 0 saturated carbocycles. The van der Waals surface area contributed by atoms with E-state index in [2.05, 4.69) is 55.2 Å². The third-order valence-electron chi connectivity index (χ3n) is 2.93. The molecule has 0 aliphatic heterocycles. The van der Waals surface area contributed by atoms with Crippen molar-refractivity contribution in [2.75, 3.05) is 18.2 Å². The van der Waals surface area contributed by atoms with Gasteiger partial charge in [0.1, 0.15) is 0 Å². The molecular formula is C15H16Br2ClN3S. The maximum atomic E-state index is 6.12. The minimum absolute atomic E-state index is 0. The minimum atomic E-state index is 0. The van der Waals surface area contributed by atoms with Gasteiger partial charge in [0.25, 0.3) is 0 Å². The molecule has 0 radical (unpaired) electrons. The summed E-state index contributed by atoms with van der Waals surface area (Å²) in [6.45, 7) is 0. The number of guanidine groups is 1. The van der Waals surface area contributed by atoms with Crippen molar-refractivity contribution < 1.29 is 0 Å². The number of hydrogen-bond acceptors (Lipinski definition) is 2. The summed E-state index contributed by atoms with van der Waals surface area (Å²) >= 11 is 8.62. The van der Waals surface area contributed by atoms with Gasteiger partial charge in [0.15, 0.2) is 0 Å². The maximum absolute atomic E-state index is 6.12. The second-order valence-electron chi connectivity index (χ2n) is 4.33. The highest BCUT2D eigenvalue weighted by molar-refractivity contribution is 9.11. The van der Waals surface area contributed by atoms with Crippen LogP contribution < -0.4 is 10.6 Å². The maximum Gasteiger partial charge on any atom is 0.200 e. The first-order valence-corrected chi connectivity index (χ1v) is 8.99. The third-order valence-corrected chi connectivity index (χ3v) is 4.82. The number of hydrogen-bond donors (Lipinski definition) is 1. The van der Waals surface area contributed by atoms with Crippen LogP contribution in [0.15, 0.2) is 61.3 Å². The standard InChI is InChI=1S/C15H15Br2N3S.ClH/c1-20(11-4-3-5-12(9-11)21-2)15(18)19-14-8-10(16)6-7-13(14)17;/h3-9H,1-2H3,(H2,18,19);1H. The number of benzene rings is 2. The fraction of sp³-hybridized carbons (Fsp3) is 0.133. The van der Waals surface area contributed by atoms with E-state index in [0.29, 0.717) is 5.96 Å². The number of nitrogens with two attached hydrogens (primary N) is 1. The van der Waals surface area contributed by atoms with Crippen LogP contribution in [-0.4, -0.2) is 19.3 Å².